The van der Waals surface area contributed by atoms with Crippen LogP contribution in [0.4, 0.5) is 17.6 Å². The van der Waals surface area contributed by atoms with E-state index in [2.05, 4.69) is 4.74 Å². The van der Waals surface area contributed by atoms with Crippen LogP contribution < -0.4 is 0 Å². The van der Waals surface area contributed by atoms with E-state index >= 15 is 0 Å². The average Bonchev–Trinajstić information content (AvgIpc) is 2.18. The number of alkyl halides is 3. The Morgan fingerprint density at radius 2 is 2.00 bits per heavy atom. The number of benzene rings is 1. The van der Waals surface area contributed by atoms with Crippen LogP contribution in [0.3, 0.4) is 0 Å². The fourth-order valence-corrected chi connectivity index (χ4v) is 1.10. The molecule has 0 aliphatic rings. The van der Waals surface area contributed by atoms with Crippen molar-refractivity contribution in [2.24, 2.45) is 0 Å². The van der Waals surface area contributed by atoms with Gasteiger partial charge in [-0.2, -0.15) is 13.2 Å². The standard InChI is InChI=1S/C10H8F4O3/c11-8-2-1-6(9(15)16)3-7(8)4-17-5-10(12,13)14/h1-3H,4-5H2,(H,15,16). The van der Waals surface area contributed by atoms with E-state index in [1.807, 2.05) is 0 Å². The van der Waals surface area contributed by atoms with Crippen molar-refractivity contribution < 1.29 is 32.2 Å². The summed E-state index contributed by atoms with van der Waals surface area (Å²) in [5.41, 5.74) is -0.439. The minimum Gasteiger partial charge on any atom is -0.478 e. The topological polar surface area (TPSA) is 46.5 Å². The van der Waals surface area contributed by atoms with E-state index in [0.29, 0.717) is 0 Å². The van der Waals surface area contributed by atoms with E-state index in [1.165, 1.54) is 0 Å². The Hall–Kier alpha value is -1.63. The zero-order valence-electron chi connectivity index (χ0n) is 8.42. The van der Waals surface area contributed by atoms with Crippen molar-refractivity contribution >= 4 is 5.97 Å². The first kappa shape index (κ1) is 13.4. The monoisotopic (exact) mass is 252 g/mol. The molecule has 0 unspecified atom stereocenters. The summed E-state index contributed by atoms with van der Waals surface area (Å²) < 4.78 is 52.6. The second kappa shape index (κ2) is 5.13. The molecule has 0 heterocycles. The van der Waals surface area contributed by atoms with Gasteiger partial charge in [-0.1, -0.05) is 0 Å². The van der Waals surface area contributed by atoms with Crippen LogP contribution in [0.15, 0.2) is 18.2 Å². The molecular formula is C10H8F4O3. The van der Waals surface area contributed by atoms with Crippen LogP contribution in [0.2, 0.25) is 0 Å². The lowest BCUT2D eigenvalue weighted by molar-refractivity contribution is -0.176. The number of carboxylic acids is 1. The molecule has 0 aromatic heterocycles. The van der Waals surface area contributed by atoms with Crippen LogP contribution in [0.5, 0.6) is 0 Å². The lowest BCUT2D eigenvalue weighted by Crippen LogP contribution is -2.17. The number of aromatic carboxylic acids is 1. The van der Waals surface area contributed by atoms with Gasteiger partial charge in [0, 0.05) is 5.56 Å². The first-order valence-corrected chi connectivity index (χ1v) is 4.46. The second-order valence-corrected chi connectivity index (χ2v) is 3.22. The van der Waals surface area contributed by atoms with E-state index in [9.17, 15) is 22.4 Å². The van der Waals surface area contributed by atoms with Crippen LogP contribution >= 0.6 is 0 Å². The Morgan fingerprint density at radius 1 is 1.35 bits per heavy atom. The van der Waals surface area contributed by atoms with E-state index in [1.54, 1.807) is 0 Å². The van der Waals surface area contributed by atoms with Gasteiger partial charge in [-0.3, -0.25) is 0 Å². The number of hydrogen-bond acceptors (Lipinski definition) is 2. The summed E-state index contributed by atoms with van der Waals surface area (Å²) in [7, 11) is 0. The van der Waals surface area contributed by atoms with E-state index < -0.39 is 31.2 Å². The zero-order chi connectivity index (χ0) is 13.1. The third-order valence-corrected chi connectivity index (χ3v) is 1.82. The van der Waals surface area contributed by atoms with Crippen molar-refractivity contribution in [3.63, 3.8) is 0 Å². The molecule has 3 nitrogen and oxygen atoms in total. The summed E-state index contributed by atoms with van der Waals surface area (Å²) in [6.45, 7) is -2.14. The highest BCUT2D eigenvalue weighted by Crippen LogP contribution is 2.17. The lowest BCUT2D eigenvalue weighted by atomic mass is 10.1. The summed E-state index contributed by atoms with van der Waals surface area (Å²) in [4.78, 5) is 10.6. The van der Waals surface area contributed by atoms with Gasteiger partial charge in [-0.25, -0.2) is 9.18 Å². The maximum atomic E-state index is 13.1. The van der Waals surface area contributed by atoms with E-state index in [0.717, 1.165) is 18.2 Å². The van der Waals surface area contributed by atoms with Crippen LogP contribution in [-0.4, -0.2) is 23.9 Å². The highest BCUT2D eigenvalue weighted by Gasteiger charge is 2.27. The molecule has 0 radical (unpaired) electrons. The first-order valence-electron chi connectivity index (χ1n) is 4.46. The van der Waals surface area contributed by atoms with Crippen molar-refractivity contribution in [1.82, 2.24) is 0 Å². The fourth-order valence-electron chi connectivity index (χ4n) is 1.10. The van der Waals surface area contributed by atoms with Crippen molar-refractivity contribution in [3.8, 4) is 0 Å². The largest absolute Gasteiger partial charge is 0.478 e. The molecule has 0 aliphatic heterocycles. The average molecular weight is 252 g/mol. The predicted molar refractivity (Wildman–Crippen MR) is 49.1 cm³/mol. The van der Waals surface area contributed by atoms with Gasteiger partial charge in [0.25, 0.3) is 0 Å². The molecule has 0 atom stereocenters. The number of hydrogen-bond donors (Lipinski definition) is 1. The van der Waals surface area contributed by atoms with Crippen molar-refractivity contribution in [2.45, 2.75) is 12.8 Å². The summed E-state index contributed by atoms with van der Waals surface area (Å²) >= 11 is 0. The summed E-state index contributed by atoms with van der Waals surface area (Å²) in [5.74, 6) is -2.10. The Labute approximate surface area is 93.6 Å². The van der Waals surface area contributed by atoms with Gasteiger partial charge in [-0.05, 0) is 18.2 Å². The van der Waals surface area contributed by atoms with Gasteiger partial charge >= 0.3 is 12.1 Å². The van der Waals surface area contributed by atoms with Crippen molar-refractivity contribution in [2.75, 3.05) is 6.61 Å². The molecule has 0 aliphatic carbocycles. The Balaban J connectivity index is 2.70. The summed E-state index contributed by atoms with van der Waals surface area (Å²) in [6.07, 6.45) is -4.50. The molecule has 1 N–H and O–H groups in total. The molecule has 0 bridgehead atoms. The molecule has 1 aromatic rings. The Morgan fingerprint density at radius 3 is 2.53 bits per heavy atom. The van der Waals surface area contributed by atoms with Crippen LogP contribution in [0, 0.1) is 5.82 Å². The molecule has 0 fully saturated rings. The number of rotatable bonds is 4. The quantitative estimate of drug-likeness (QED) is 0.838. The maximum Gasteiger partial charge on any atom is 0.411 e. The third kappa shape index (κ3) is 4.39. The van der Waals surface area contributed by atoms with Gasteiger partial charge in [0.2, 0.25) is 0 Å². The van der Waals surface area contributed by atoms with Crippen LogP contribution in [0.1, 0.15) is 15.9 Å². The van der Waals surface area contributed by atoms with Crippen molar-refractivity contribution in [3.05, 3.63) is 35.1 Å². The van der Waals surface area contributed by atoms with Crippen LogP contribution in [0.25, 0.3) is 0 Å². The SMILES string of the molecule is O=C(O)c1ccc(F)c(COCC(F)(F)F)c1. The molecule has 7 heteroatoms. The van der Waals surface area contributed by atoms with Crippen molar-refractivity contribution in [1.29, 1.82) is 0 Å². The molecule has 17 heavy (non-hydrogen) atoms. The number of halogens is 4. The molecule has 0 saturated heterocycles. The van der Waals surface area contributed by atoms with Gasteiger partial charge in [0.15, 0.2) is 0 Å². The molecule has 0 amide bonds. The Bertz CT molecular complexity index is 415. The molecule has 94 valence electrons. The molecule has 1 aromatic carbocycles. The normalized spacial score (nSPS) is 11.5. The Kier molecular flexibility index (Phi) is 4.06. The van der Waals surface area contributed by atoms with E-state index in [-0.39, 0.29) is 11.1 Å². The van der Waals surface area contributed by atoms with Gasteiger partial charge in [0.1, 0.15) is 12.4 Å². The molecular weight excluding hydrogens is 244 g/mol. The predicted octanol–water partition coefficient (Wildman–Crippen LogP) is 2.60. The van der Waals surface area contributed by atoms with Gasteiger partial charge in [-0.15, -0.1) is 0 Å². The first-order chi connectivity index (χ1) is 7.79. The fraction of sp³-hybridized carbons (Fsp3) is 0.300. The third-order valence-electron chi connectivity index (χ3n) is 1.82. The maximum absolute atomic E-state index is 13.1. The highest BCUT2D eigenvalue weighted by atomic mass is 19.4. The zero-order valence-corrected chi connectivity index (χ0v) is 8.42. The van der Waals surface area contributed by atoms with E-state index in [4.69, 9.17) is 5.11 Å². The number of carbonyl (C=O) groups is 1. The smallest absolute Gasteiger partial charge is 0.411 e. The summed E-state index contributed by atoms with van der Waals surface area (Å²) in [6, 6.07) is 2.83. The molecule has 1 rings (SSSR count). The van der Waals surface area contributed by atoms with Gasteiger partial charge in [0.05, 0.1) is 12.2 Å². The van der Waals surface area contributed by atoms with Gasteiger partial charge < -0.3 is 9.84 Å². The molecule has 0 spiro atoms. The number of ether oxygens (including phenoxy) is 1. The highest BCUT2D eigenvalue weighted by molar-refractivity contribution is 5.87. The minimum absolute atomic E-state index is 0.211. The molecule has 0 saturated carbocycles. The second-order valence-electron chi connectivity index (χ2n) is 3.22. The van der Waals surface area contributed by atoms with Crippen LogP contribution in [-0.2, 0) is 11.3 Å². The summed E-state index contributed by atoms with van der Waals surface area (Å²) in [5, 5.41) is 8.61. The number of carboxylic acid groups (broad SMARTS) is 1. The minimum atomic E-state index is -4.50. The lowest BCUT2D eigenvalue weighted by Gasteiger charge is -2.08.